The van der Waals surface area contributed by atoms with Crippen molar-refractivity contribution in [3.8, 4) is 17.1 Å². The van der Waals surface area contributed by atoms with E-state index in [1.165, 1.54) is 6.33 Å². The fourth-order valence-electron chi connectivity index (χ4n) is 2.37. The second-order valence-electron chi connectivity index (χ2n) is 4.60. The van der Waals surface area contributed by atoms with Gasteiger partial charge in [0.25, 0.3) is 5.56 Å². The summed E-state index contributed by atoms with van der Waals surface area (Å²) < 4.78 is 3.73. The third-order valence-electron chi connectivity index (χ3n) is 3.33. The number of benzene rings is 1. The van der Waals surface area contributed by atoms with Crippen molar-refractivity contribution in [3.63, 3.8) is 0 Å². The molecule has 0 amide bonds. The first-order chi connectivity index (χ1) is 10.8. The van der Waals surface area contributed by atoms with Gasteiger partial charge >= 0.3 is 0 Å². The normalized spacial score (nSPS) is 11.1. The maximum absolute atomic E-state index is 13.0. The molecule has 22 heavy (non-hydrogen) atoms. The Morgan fingerprint density at radius 3 is 2.68 bits per heavy atom. The molecule has 1 aromatic carbocycles. The highest BCUT2D eigenvalue weighted by molar-refractivity contribution is 14.1. The molecular weight excluding hydrogens is 395 g/mol. The van der Waals surface area contributed by atoms with E-state index in [0.29, 0.717) is 20.7 Å². The van der Waals surface area contributed by atoms with E-state index in [1.807, 2.05) is 30.3 Å². The molecule has 1 N–H and O–H groups in total. The molecule has 4 rings (SSSR count). The number of nitrogens with one attached hydrogen (secondary N) is 1. The van der Waals surface area contributed by atoms with Crippen LogP contribution in [0.15, 0.2) is 53.7 Å². The topological polar surface area (TPSA) is 80.9 Å². The van der Waals surface area contributed by atoms with Gasteiger partial charge in [-0.2, -0.15) is 5.10 Å². The molecule has 108 valence electrons. The Kier molecular flexibility index (Phi) is 3.03. The first-order valence-corrected chi connectivity index (χ1v) is 7.54. The second-order valence-corrected chi connectivity index (χ2v) is 5.57. The molecule has 8 heteroatoms. The van der Waals surface area contributed by atoms with Crippen molar-refractivity contribution in [1.82, 2.24) is 29.4 Å². The van der Waals surface area contributed by atoms with Crippen LogP contribution in [0.2, 0.25) is 0 Å². The van der Waals surface area contributed by atoms with Crippen LogP contribution in [-0.4, -0.2) is 29.4 Å². The summed E-state index contributed by atoms with van der Waals surface area (Å²) in [5.41, 5.74) is 1.76. The lowest BCUT2D eigenvalue weighted by Gasteiger charge is -2.09. The fraction of sp³-hybridized carbons (Fsp3) is 0. The van der Waals surface area contributed by atoms with Gasteiger partial charge in [-0.3, -0.25) is 14.5 Å². The average Bonchev–Trinajstić information content (AvgIpc) is 3.16. The molecule has 0 aliphatic heterocycles. The highest BCUT2D eigenvalue weighted by Crippen LogP contribution is 2.20. The molecule has 7 nitrogen and oxygen atoms in total. The Bertz CT molecular complexity index is 1000. The number of H-pyrrole nitrogens is 1. The average molecular weight is 404 g/mol. The van der Waals surface area contributed by atoms with Crippen molar-refractivity contribution < 1.29 is 0 Å². The summed E-state index contributed by atoms with van der Waals surface area (Å²) >= 11 is 2.06. The lowest BCUT2D eigenvalue weighted by atomic mass is 10.2. The molecule has 0 spiro atoms. The molecule has 0 saturated heterocycles. The number of aromatic nitrogens is 6. The molecule has 4 aromatic rings. The number of hydrogen-bond donors (Lipinski definition) is 1. The third kappa shape index (κ3) is 1.95. The zero-order chi connectivity index (χ0) is 15.1. The summed E-state index contributed by atoms with van der Waals surface area (Å²) in [6.45, 7) is 0. The van der Waals surface area contributed by atoms with Crippen molar-refractivity contribution in [2.24, 2.45) is 0 Å². The van der Waals surface area contributed by atoms with E-state index < -0.39 is 0 Å². The van der Waals surface area contributed by atoms with Gasteiger partial charge in [-0.1, -0.05) is 18.2 Å². The van der Waals surface area contributed by atoms with E-state index in [4.69, 9.17) is 0 Å². The molecular formula is C14H9IN6O. The van der Waals surface area contributed by atoms with Gasteiger partial charge in [0.2, 0.25) is 0 Å². The maximum atomic E-state index is 13.0. The Morgan fingerprint density at radius 2 is 1.95 bits per heavy atom. The Hall–Kier alpha value is -2.49. The largest absolute Gasteiger partial charge is 0.283 e. The van der Waals surface area contributed by atoms with Crippen LogP contribution in [0.25, 0.3) is 22.6 Å². The van der Waals surface area contributed by atoms with Crippen molar-refractivity contribution in [2.45, 2.75) is 0 Å². The maximum Gasteiger partial charge on any atom is 0.283 e. The van der Waals surface area contributed by atoms with E-state index >= 15 is 0 Å². The molecule has 0 aliphatic carbocycles. The number of fused-ring (bicyclic) bond motifs is 1. The van der Waals surface area contributed by atoms with E-state index in [0.717, 1.165) is 5.69 Å². The van der Waals surface area contributed by atoms with Crippen LogP contribution in [-0.2, 0) is 0 Å². The van der Waals surface area contributed by atoms with Crippen LogP contribution in [0.3, 0.4) is 0 Å². The number of rotatable bonds is 2. The lowest BCUT2D eigenvalue weighted by molar-refractivity contribution is 0.791. The van der Waals surface area contributed by atoms with Gasteiger partial charge in [0.1, 0.15) is 11.8 Å². The van der Waals surface area contributed by atoms with E-state index in [2.05, 4.69) is 42.9 Å². The minimum Gasteiger partial charge on any atom is -0.266 e. The highest BCUT2D eigenvalue weighted by Gasteiger charge is 2.16. The molecule has 0 radical (unpaired) electrons. The first kappa shape index (κ1) is 13.2. The smallest absolute Gasteiger partial charge is 0.266 e. The zero-order valence-electron chi connectivity index (χ0n) is 11.1. The van der Waals surface area contributed by atoms with E-state index in [-0.39, 0.29) is 5.56 Å². The summed E-state index contributed by atoms with van der Waals surface area (Å²) in [7, 11) is 0. The van der Waals surface area contributed by atoms with Crippen molar-refractivity contribution in [2.75, 3.05) is 0 Å². The predicted octanol–water partition coefficient (Wildman–Crippen LogP) is 1.87. The van der Waals surface area contributed by atoms with Gasteiger partial charge < -0.3 is 0 Å². The van der Waals surface area contributed by atoms with Gasteiger partial charge in [-0.15, -0.1) is 5.10 Å². The molecule has 0 saturated carbocycles. The third-order valence-corrected chi connectivity index (χ3v) is 4.03. The van der Waals surface area contributed by atoms with Gasteiger partial charge in [-0.05, 0) is 18.2 Å². The van der Waals surface area contributed by atoms with Crippen LogP contribution in [0, 0.1) is 3.83 Å². The Balaban J connectivity index is 2.08. The first-order valence-electron chi connectivity index (χ1n) is 6.47. The summed E-state index contributed by atoms with van der Waals surface area (Å²) in [5, 5.41) is 11.1. The number of nitrogens with zero attached hydrogens (tertiary/aromatic N) is 5. The lowest BCUT2D eigenvalue weighted by Crippen LogP contribution is -2.25. The van der Waals surface area contributed by atoms with Crippen LogP contribution in [0.5, 0.6) is 0 Å². The van der Waals surface area contributed by atoms with Crippen LogP contribution in [0.1, 0.15) is 0 Å². The van der Waals surface area contributed by atoms with E-state index in [1.54, 1.807) is 21.3 Å². The van der Waals surface area contributed by atoms with Gasteiger partial charge in [0.05, 0.1) is 11.3 Å². The summed E-state index contributed by atoms with van der Waals surface area (Å²) in [4.78, 5) is 17.1. The van der Waals surface area contributed by atoms with Gasteiger partial charge in [-0.25, -0.2) is 9.50 Å². The number of halogens is 1. The minimum atomic E-state index is -0.151. The van der Waals surface area contributed by atoms with Crippen molar-refractivity contribution in [3.05, 3.63) is 63.1 Å². The Labute approximate surface area is 137 Å². The molecule has 3 heterocycles. The van der Waals surface area contributed by atoms with Gasteiger partial charge in [0, 0.05) is 28.8 Å². The molecule has 0 unspecified atom stereocenters. The number of hydrogen-bond acceptors (Lipinski definition) is 4. The monoisotopic (exact) mass is 404 g/mol. The Morgan fingerprint density at radius 1 is 1.14 bits per heavy atom. The van der Waals surface area contributed by atoms with Crippen molar-refractivity contribution >= 4 is 28.1 Å². The molecule has 0 atom stereocenters. The molecule has 0 bridgehead atoms. The number of para-hydroxylation sites is 1. The zero-order valence-corrected chi connectivity index (χ0v) is 13.3. The van der Waals surface area contributed by atoms with E-state index in [9.17, 15) is 4.79 Å². The summed E-state index contributed by atoms with van der Waals surface area (Å²) in [6, 6.07) is 11.2. The summed E-state index contributed by atoms with van der Waals surface area (Å²) in [6.07, 6.45) is 3.15. The second kappa shape index (κ2) is 5.05. The molecule has 0 fully saturated rings. The van der Waals surface area contributed by atoms with Crippen LogP contribution >= 0.6 is 22.6 Å². The summed E-state index contributed by atoms with van der Waals surface area (Å²) in [5.74, 6) is 0.544. The predicted molar refractivity (Wildman–Crippen MR) is 88.9 cm³/mol. The minimum absolute atomic E-state index is 0.151. The van der Waals surface area contributed by atoms with Crippen LogP contribution < -0.4 is 5.56 Å². The van der Waals surface area contributed by atoms with Crippen molar-refractivity contribution in [1.29, 1.82) is 0 Å². The standard InChI is InChI=1S/C14H9IN6O/c15-14-19-20-7-6-10(12-16-8-17-18-12)11(20)13(22)21(14)9-4-2-1-3-5-9/h1-8H,(H,16,17,18). The fourth-order valence-corrected chi connectivity index (χ4v) is 3.10. The molecule has 0 aliphatic rings. The SMILES string of the molecule is O=c1c2c(-c3ncn[nH]3)ccn2nc(I)n1-c1ccccc1. The molecule has 3 aromatic heterocycles. The van der Waals surface area contributed by atoms with Crippen LogP contribution in [0.4, 0.5) is 0 Å². The van der Waals surface area contributed by atoms with Gasteiger partial charge in [0.15, 0.2) is 9.66 Å². The quantitative estimate of drug-likeness (QED) is 0.518. The highest BCUT2D eigenvalue weighted by atomic mass is 127. The number of aromatic amines is 1.